The van der Waals surface area contributed by atoms with Gasteiger partial charge in [0.1, 0.15) is 17.0 Å². The predicted octanol–water partition coefficient (Wildman–Crippen LogP) is 2.80. The van der Waals surface area contributed by atoms with Crippen LogP contribution in [0, 0.1) is 0 Å². The highest BCUT2D eigenvalue weighted by molar-refractivity contribution is 6.32. The molecule has 0 fully saturated rings. The molecule has 0 amide bonds. The number of nitrogens with zero attached hydrogens (tertiary/aromatic N) is 2. The molecule has 0 saturated heterocycles. The van der Waals surface area contributed by atoms with E-state index in [0.717, 1.165) is 16.7 Å². The van der Waals surface area contributed by atoms with E-state index in [9.17, 15) is 18.0 Å². The molecule has 25 heavy (non-hydrogen) atoms. The molecule has 2 heterocycles. The van der Waals surface area contributed by atoms with E-state index in [1.807, 2.05) is 0 Å². The van der Waals surface area contributed by atoms with Crippen molar-refractivity contribution in [2.75, 3.05) is 17.2 Å². The first-order chi connectivity index (χ1) is 11.6. The summed E-state index contributed by atoms with van der Waals surface area (Å²) in [4.78, 5) is 16.1. The summed E-state index contributed by atoms with van der Waals surface area (Å²) in [5, 5.41) is 0.143. The fourth-order valence-corrected chi connectivity index (χ4v) is 2.67. The highest BCUT2D eigenvalue weighted by Gasteiger charge is 2.33. The maximum atomic E-state index is 13.0. The van der Waals surface area contributed by atoms with Crippen LogP contribution in [0.3, 0.4) is 0 Å². The Kier molecular flexibility index (Phi) is 3.76. The van der Waals surface area contributed by atoms with Crippen LogP contribution >= 0.6 is 11.6 Å². The maximum absolute atomic E-state index is 13.0. The van der Waals surface area contributed by atoms with Gasteiger partial charge in [-0.15, -0.1) is 0 Å². The summed E-state index contributed by atoms with van der Waals surface area (Å²) >= 11 is 6.10. The number of rotatable bonds is 1. The number of anilines is 3. The molecule has 130 valence electrons. The lowest BCUT2D eigenvalue weighted by molar-refractivity contribution is -0.141. The molecule has 2 aromatic heterocycles. The van der Waals surface area contributed by atoms with Crippen molar-refractivity contribution in [1.29, 1.82) is 0 Å². The van der Waals surface area contributed by atoms with Crippen molar-refractivity contribution < 1.29 is 13.2 Å². The molecule has 0 aliphatic heterocycles. The average molecular weight is 370 g/mol. The Balaban J connectivity index is 2.50. The van der Waals surface area contributed by atoms with E-state index in [2.05, 4.69) is 4.98 Å². The van der Waals surface area contributed by atoms with E-state index >= 15 is 0 Å². The van der Waals surface area contributed by atoms with Gasteiger partial charge in [-0.25, -0.2) is 4.98 Å². The predicted molar refractivity (Wildman–Crippen MR) is 90.6 cm³/mol. The van der Waals surface area contributed by atoms with Gasteiger partial charge in [0.2, 0.25) is 0 Å². The van der Waals surface area contributed by atoms with E-state index in [1.54, 1.807) is 0 Å². The van der Waals surface area contributed by atoms with Crippen molar-refractivity contribution in [3.05, 3.63) is 51.4 Å². The smallest absolute Gasteiger partial charge is 0.399 e. The SMILES string of the molecule is Nc1ccc(-n2c(=O)c(N)c(N)c3ccc(C(F)(F)F)nc32)c(Cl)c1. The zero-order valence-corrected chi connectivity index (χ0v) is 13.2. The Morgan fingerprint density at radius 3 is 2.32 bits per heavy atom. The molecule has 0 aliphatic carbocycles. The third kappa shape index (κ3) is 2.72. The number of halogens is 4. The van der Waals surface area contributed by atoms with Crippen LogP contribution in [0.15, 0.2) is 35.1 Å². The first-order valence-electron chi connectivity index (χ1n) is 6.84. The number of aromatic nitrogens is 2. The largest absolute Gasteiger partial charge is 0.433 e. The fourth-order valence-electron chi connectivity index (χ4n) is 2.39. The summed E-state index contributed by atoms with van der Waals surface area (Å²) in [5.41, 5.74) is 14.7. The van der Waals surface area contributed by atoms with Gasteiger partial charge in [-0.05, 0) is 30.3 Å². The van der Waals surface area contributed by atoms with E-state index in [4.69, 9.17) is 28.8 Å². The fraction of sp³-hybridized carbons (Fsp3) is 0.0667. The minimum atomic E-state index is -4.70. The zero-order chi connectivity index (χ0) is 18.5. The van der Waals surface area contributed by atoms with Gasteiger partial charge in [-0.2, -0.15) is 13.2 Å². The Morgan fingerprint density at radius 1 is 1.04 bits per heavy atom. The molecule has 6 nitrogen and oxygen atoms in total. The summed E-state index contributed by atoms with van der Waals surface area (Å²) in [6, 6.07) is 6.06. The van der Waals surface area contributed by atoms with E-state index in [1.165, 1.54) is 18.2 Å². The quantitative estimate of drug-likeness (QED) is 0.571. The van der Waals surface area contributed by atoms with E-state index < -0.39 is 17.4 Å². The first kappa shape index (κ1) is 16.9. The second kappa shape index (κ2) is 5.55. The van der Waals surface area contributed by atoms with Crippen LogP contribution < -0.4 is 22.8 Å². The van der Waals surface area contributed by atoms with Crippen molar-refractivity contribution in [3.63, 3.8) is 0 Å². The monoisotopic (exact) mass is 369 g/mol. The summed E-state index contributed by atoms with van der Waals surface area (Å²) in [6.45, 7) is 0. The van der Waals surface area contributed by atoms with Crippen LogP contribution in [0.5, 0.6) is 0 Å². The number of hydrogen-bond acceptors (Lipinski definition) is 5. The number of nitrogen functional groups attached to an aromatic ring is 3. The van der Waals surface area contributed by atoms with Crippen LogP contribution in [0.4, 0.5) is 30.2 Å². The molecule has 3 rings (SSSR count). The van der Waals surface area contributed by atoms with Crippen molar-refractivity contribution in [3.8, 4) is 5.69 Å². The van der Waals surface area contributed by atoms with Gasteiger partial charge < -0.3 is 17.2 Å². The minimum absolute atomic E-state index is 0.0479. The molecule has 0 radical (unpaired) electrons. The molecule has 1 aromatic carbocycles. The maximum Gasteiger partial charge on any atom is 0.433 e. The highest BCUT2D eigenvalue weighted by atomic mass is 35.5. The summed E-state index contributed by atoms with van der Waals surface area (Å²) in [7, 11) is 0. The van der Waals surface area contributed by atoms with Gasteiger partial charge in [-0.3, -0.25) is 9.36 Å². The van der Waals surface area contributed by atoms with Crippen molar-refractivity contribution >= 4 is 39.7 Å². The third-order valence-electron chi connectivity index (χ3n) is 3.60. The Bertz CT molecular complexity index is 1060. The lowest BCUT2D eigenvalue weighted by Gasteiger charge is -2.16. The van der Waals surface area contributed by atoms with Crippen LogP contribution in [-0.4, -0.2) is 9.55 Å². The zero-order valence-electron chi connectivity index (χ0n) is 12.4. The lowest BCUT2D eigenvalue weighted by atomic mass is 10.2. The van der Waals surface area contributed by atoms with Gasteiger partial charge >= 0.3 is 6.18 Å². The minimum Gasteiger partial charge on any atom is -0.399 e. The highest BCUT2D eigenvalue weighted by Crippen LogP contribution is 2.33. The number of pyridine rings is 2. The van der Waals surface area contributed by atoms with Gasteiger partial charge in [0, 0.05) is 11.1 Å². The molecule has 0 bridgehead atoms. The molecular formula is C15H11ClF3N5O. The van der Waals surface area contributed by atoms with E-state index in [0.29, 0.717) is 5.69 Å². The second-order valence-electron chi connectivity index (χ2n) is 5.24. The summed E-state index contributed by atoms with van der Waals surface area (Å²) in [6.07, 6.45) is -4.70. The number of hydrogen-bond donors (Lipinski definition) is 3. The Morgan fingerprint density at radius 2 is 1.72 bits per heavy atom. The Labute approximate surface area is 143 Å². The molecule has 3 aromatic rings. The number of alkyl halides is 3. The normalized spacial score (nSPS) is 11.8. The Hall–Kier alpha value is -2.94. The third-order valence-corrected chi connectivity index (χ3v) is 3.91. The molecule has 6 N–H and O–H groups in total. The summed E-state index contributed by atoms with van der Waals surface area (Å²) in [5.74, 6) is 0. The number of nitrogens with two attached hydrogens (primary N) is 3. The van der Waals surface area contributed by atoms with Crippen molar-refractivity contribution in [2.45, 2.75) is 6.18 Å². The standard InChI is InChI=1S/C15H11ClF3N5O/c16-8-5-6(20)1-3-9(8)24-13-7(11(21)12(22)14(24)25)2-4-10(23-13)15(17,18)19/h1-5H,20-22H2. The topological polar surface area (TPSA) is 113 Å². The number of benzene rings is 1. The first-order valence-corrected chi connectivity index (χ1v) is 7.22. The second-order valence-corrected chi connectivity index (χ2v) is 5.65. The molecule has 0 unspecified atom stereocenters. The molecular weight excluding hydrogens is 359 g/mol. The van der Waals surface area contributed by atoms with Gasteiger partial charge in [-0.1, -0.05) is 11.6 Å². The molecule has 10 heteroatoms. The molecule has 0 atom stereocenters. The summed E-state index contributed by atoms with van der Waals surface area (Å²) < 4.78 is 39.9. The van der Waals surface area contributed by atoms with Gasteiger partial charge in [0.15, 0.2) is 0 Å². The van der Waals surface area contributed by atoms with Gasteiger partial charge in [0.25, 0.3) is 5.56 Å². The molecule has 0 aliphatic rings. The van der Waals surface area contributed by atoms with Crippen LogP contribution in [0.1, 0.15) is 5.69 Å². The lowest BCUT2D eigenvalue weighted by Crippen LogP contribution is -2.25. The number of fused-ring (bicyclic) bond motifs is 1. The van der Waals surface area contributed by atoms with Gasteiger partial charge in [0.05, 0.1) is 16.4 Å². The van der Waals surface area contributed by atoms with Crippen LogP contribution in [-0.2, 0) is 6.18 Å². The van der Waals surface area contributed by atoms with Crippen LogP contribution in [0.2, 0.25) is 5.02 Å². The van der Waals surface area contributed by atoms with E-state index in [-0.39, 0.29) is 33.1 Å². The molecule has 0 spiro atoms. The molecule has 0 saturated carbocycles. The van der Waals surface area contributed by atoms with Crippen molar-refractivity contribution in [2.24, 2.45) is 0 Å². The van der Waals surface area contributed by atoms with Crippen molar-refractivity contribution in [1.82, 2.24) is 9.55 Å². The average Bonchev–Trinajstić information content (AvgIpc) is 2.53. The van der Waals surface area contributed by atoms with Crippen LogP contribution in [0.25, 0.3) is 16.7 Å².